The minimum Gasteiger partial charge on any atom is -0.408 e. The summed E-state index contributed by atoms with van der Waals surface area (Å²) in [5, 5.41) is 14.6. The number of hydrogen-bond acceptors (Lipinski definition) is 8. The highest BCUT2D eigenvalue weighted by Crippen LogP contribution is 2.09. The second kappa shape index (κ2) is 7.05. The minimum atomic E-state index is 0.0969. The molecule has 0 saturated heterocycles. The third-order valence-corrected chi connectivity index (χ3v) is 2.00. The summed E-state index contributed by atoms with van der Waals surface area (Å²) in [5.74, 6) is 1.09. The van der Waals surface area contributed by atoms with Crippen LogP contribution in [0.15, 0.2) is 22.0 Å². The SMILES string of the molecule is C=C.Nc1nnc(CCCCc2nnc(N)o2)o1. The molecule has 2 aromatic rings. The molecule has 2 rings (SSSR count). The van der Waals surface area contributed by atoms with Crippen molar-refractivity contribution in [3.05, 3.63) is 24.9 Å². The van der Waals surface area contributed by atoms with Crippen molar-refractivity contribution in [2.75, 3.05) is 11.5 Å². The summed E-state index contributed by atoms with van der Waals surface area (Å²) in [6.07, 6.45) is 3.13. The lowest BCUT2D eigenvalue weighted by atomic mass is 10.2. The van der Waals surface area contributed by atoms with E-state index in [1.54, 1.807) is 0 Å². The number of nitrogens with zero attached hydrogens (tertiary/aromatic N) is 4. The molecular formula is C10H16N6O2. The molecule has 0 amide bonds. The molecule has 0 aliphatic rings. The molecule has 0 radical (unpaired) electrons. The van der Waals surface area contributed by atoms with E-state index >= 15 is 0 Å². The Kier molecular flexibility index (Phi) is 5.36. The Bertz CT molecular complexity index is 424. The third-order valence-electron chi connectivity index (χ3n) is 2.00. The van der Waals surface area contributed by atoms with Crippen molar-refractivity contribution in [1.29, 1.82) is 0 Å². The maximum Gasteiger partial charge on any atom is 0.312 e. The fourth-order valence-electron chi connectivity index (χ4n) is 1.29. The largest absolute Gasteiger partial charge is 0.408 e. The molecule has 2 aromatic heterocycles. The lowest BCUT2D eigenvalue weighted by molar-refractivity contribution is 0.475. The molecule has 4 N–H and O–H groups in total. The molecule has 0 saturated carbocycles. The first-order valence-corrected chi connectivity index (χ1v) is 5.40. The maximum absolute atomic E-state index is 5.29. The summed E-state index contributed by atoms with van der Waals surface area (Å²) in [4.78, 5) is 0. The molecular weight excluding hydrogens is 236 g/mol. The summed E-state index contributed by atoms with van der Waals surface area (Å²) in [5.41, 5.74) is 10.6. The van der Waals surface area contributed by atoms with Gasteiger partial charge in [-0.2, -0.15) is 0 Å². The van der Waals surface area contributed by atoms with E-state index in [1.165, 1.54) is 0 Å². The standard InChI is InChI=1S/C8H12N6O2.C2H4/c9-7-13-11-5(15-7)3-1-2-4-6-12-14-8(10)16-6;1-2/h1-4H2,(H2,9,13)(H2,10,14);1-2H2. The molecule has 0 bridgehead atoms. The molecule has 8 nitrogen and oxygen atoms in total. The van der Waals surface area contributed by atoms with Crippen molar-refractivity contribution in [3.63, 3.8) is 0 Å². The molecule has 0 aliphatic heterocycles. The van der Waals surface area contributed by atoms with Crippen molar-refractivity contribution in [2.24, 2.45) is 0 Å². The molecule has 98 valence electrons. The quantitative estimate of drug-likeness (QED) is 0.595. The summed E-state index contributed by atoms with van der Waals surface area (Å²) in [6, 6.07) is 0.194. The Hall–Kier alpha value is -2.38. The van der Waals surface area contributed by atoms with Crippen LogP contribution in [0.3, 0.4) is 0 Å². The molecule has 0 aliphatic carbocycles. The Morgan fingerprint density at radius 3 is 1.44 bits per heavy atom. The smallest absolute Gasteiger partial charge is 0.312 e. The Balaban J connectivity index is 0.000000771. The van der Waals surface area contributed by atoms with Crippen LogP contribution in [0, 0.1) is 0 Å². The van der Waals surface area contributed by atoms with Gasteiger partial charge in [0.2, 0.25) is 11.8 Å². The lowest BCUT2D eigenvalue weighted by Gasteiger charge is -1.94. The first-order chi connectivity index (χ1) is 8.74. The molecule has 18 heavy (non-hydrogen) atoms. The van der Waals surface area contributed by atoms with Crippen LogP contribution < -0.4 is 11.5 Å². The number of unbranched alkanes of at least 4 members (excludes halogenated alkanes) is 1. The fourth-order valence-corrected chi connectivity index (χ4v) is 1.29. The van der Waals surface area contributed by atoms with E-state index in [0.29, 0.717) is 24.6 Å². The molecule has 2 heterocycles. The Labute approximate surface area is 104 Å². The Morgan fingerprint density at radius 1 is 0.778 bits per heavy atom. The van der Waals surface area contributed by atoms with Crippen LogP contribution in [0.1, 0.15) is 24.6 Å². The second-order valence-corrected chi connectivity index (χ2v) is 3.28. The highest BCUT2D eigenvalue weighted by molar-refractivity contribution is 5.05. The van der Waals surface area contributed by atoms with Crippen molar-refractivity contribution in [2.45, 2.75) is 25.7 Å². The zero-order valence-electron chi connectivity index (χ0n) is 10.0. The number of nitrogens with two attached hydrogens (primary N) is 2. The van der Waals surface area contributed by atoms with Gasteiger partial charge in [-0.1, -0.05) is 10.2 Å². The second-order valence-electron chi connectivity index (χ2n) is 3.28. The normalized spacial score (nSPS) is 9.78. The predicted molar refractivity (Wildman–Crippen MR) is 65.3 cm³/mol. The third kappa shape index (κ3) is 4.24. The van der Waals surface area contributed by atoms with Crippen molar-refractivity contribution in [1.82, 2.24) is 20.4 Å². The van der Waals surface area contributed by atoms with Gasteiger partial charge in [0.25, 0.3) is 0 Å². The molecule has 0 unspecified atom stereocenters. The maximum atomic E-state index is 5.29. The van der Waals surface area contributed by atoms with Crippen LogP contribution >= 0.6 is 0 Å². The van der Waals surface area contributed by atoms with E-state index in [0.717, 1.165) is 12.8 Å². The van der Waals surface area contributed by atoms with Crippen LogP contribution in [0.2, 0.25) is 0 Å². The van der Waals surface area contributed by atoms with E-state index in [1.807, 2.05) is 0 Å². The number of nitrogen functional groups attached to an aromatic ring is 2. The number of anilines is 2. The van der Waals surface area contributed by atoms with Gasteiger partial charge in [-0.3, -0.25) is 0 Å². The van der Waals surface area contributed by atoms with Gasteiger partial charge in [0.05, 0.1) is 0 Å². The number of rotatable bonds is 5. The molecule has 0 spiro atoms. The average molecular weight is 252 g/mol. The molecule has 8 heteroatoms. The zero-order chi connectivity index (χ0) is 13.4. The highest BCUT2D eigenvalue weighted by atomic mass is 16.4. The average Bonchev–Trinajstić information content (AvgIpc) is 2.97. The monoisotopic (exact) mass is 252 g/mol. The van der Waals surface area contributed by atoms with Gasteiger partial charge in [0, 0.05) is 12.8 Å². The van der Waals surface area contributed by atoms with Crippen LogP contribution in [-0.4, -0.2) is 20.4 Å². The van der Waals surface area contributed by atoms with Gasteiger partial charge >= 0.3 is 12.0 Å². The first kappa shape index (κ1) is 13.7. The van der Waals surface area contributed by atoms with Gasteiger partial charge in [-0.25, -0.2) is 0 Å². The summed E-state index contributed by atoms with van der Waals surface area (Å²) in [6.45, 7) is 6.00. The minimum absolute atomic E-state index is 0.0969. The highest BCUT2D eigenvalue weighted by Gasteiger charge is 2.05. The van der Waals surface area contributed by atoms with Crippen molar-refractivity contribution >= 4 is 12.0 Å². The number of aryl methyl sites for hydroxylation is 2. The fraction of sp³-hybridized carbons (Fsp3) is 0.400. The van der Waals surface area contributed by atoms with Crippen molar-refractivity contribution < 1.29 is 8.83 Å². The van der Waals surface area contributed by atoms with Gasteiger partial charge < -0.3 is 20.3 Å². The van der Waals surface area contributed by atoms with Gasteiger partial charge in [0.1, 0.15) is 0 Å². The van der Waals surface area contributed by atoms with E-state index in [-0.39, 0.29) is 12.0 Å². The lowest BCUT2D eigenvalue weighted by Crippen LogP contribution is -1.90. The number of hydrogen-bond donors (Lipinski definition) is 2. The van der Waals surface area contributed by atoms with Crippen LogP contribution in [0.4, 0.5) is 12.0 Å². The van der Waals surface area contributed by atoms with Gasteiger partial charge in [-0.15, -0.1) is 23.4 Å². The predicted octanol–water partition coefficient (Wildman–Crippen LogP) is 0.985. The van der Waals surface area contributed by atoms with Gasteiger partial charge in [-0.05, 0) is 12.8 Å². The topological polar surface area (TPSA) is 130 Å². The Morgan fingerprint density at radius 2 is 1.17 bits per heavy atom. The summed E-state index contributed by atoms with van der Waals surface area (Å²) in [7, 11) is 0. The summed E-state index contributed by atoms with van der Waals surface area (Å²) >= 11 is 0. The van der Waals surface area contributed by atoms with Crippen molar-refractivity contribution in [3.8, 4) is 0 Å². The van der Waals surface area contributed by atoms with E-state index in [2.05, 4.69) is 33.6 Å². The number of aromatic nitrogens is 4. The van der Waals surface area contributed by atoms with Crippen LogP contribution in [0.5, 0.6) is 0 Å². The zero-order valence-corrected chi connectivity index (χ0v) is 10.0. The molecule has 0 atom stereocenters. The first-order valence-electron chi connectivity index (χ1n) is 5.40. The van der Waals surface area contributed by atoms with Crippen LogP contribution in [-0.2, 0) is 12.8 Å². The molecule has 0 aromatic carbocycles. The summed E-state index contributed by atoms with van der Waals surface area (Å²) < 4.78 is 10.0. The van der Waals surface area contributed by atoms with Crippen LogP contribution in [0.25, 0.3) is 0 Å². The van der Waals surface area contributed by atoms with Gasteiger partial charge in [0.15, 0.2) is 0 Å². The molecule has 0 fully saturated rings. The van der Waals surface area contributed by atoms with E-state index in [9.17, 15) is 0 Å². The van der Waals surface area contributed by atoms with E-state index in [4.69, 9.17) is 20.3 Å². The van der Waals surface area contributed by atoms with E-state index < -0.39 is 0 Å².